The van der Waals surface area contributed by atoms with Crippen molar-refractivity contribution in [3.8, 4) is 22.8 Å². The number of aryl methyl sites for hydroxylation is 1. The van der Waals surface area contributed by atoms with Crippen LogP contribution >= 0.6 is 11.8 Å². The second-order valence-corrected chi connectivity index (χ2v) is 11.7. The van der Waals surface area contributed by atoms with Gasteiger partial charge in [0.25, 0.3) is 0 Å². The molecule has 0 radical (unpaired) electrons. The zero-order valence-corrected chi connectivity index (χ0v) is 25.9. The van der Waals surface area contributed by atoms with Crippen LogP contribution in [0.2, 0.25) is 0 Å². The Hall–Kier alpha value is -4.86. The molecule has 5 rings (SSSR count). The molecule has 1 fully saturated rings. The molecule has 47 heavy (non-hydrogen) atoms. The number of nitrogens with zero attached hydrogens (tertiary/aromatic N) is 6. The lowest BCUT2D eigenvalue weighted by atomic mass is 9.98. The first-order valence-corrected chi connectivity index (χ1v) is 15.1. The first-order valence-electron chi connectivity index (χ1n) is 14.1. The number of halogens is 6. The summed E-state index contributed by atoms with van der Waals surface area (Å²) < 4.78 is 84.5. The highest BCUT2D eigenvalue weighted by Crippen LogP contribution is 2.41. The standard InChI is InChI=1S/C31H27F6N7O2S/c1-18(2)24-13-4-19(3)14-25(24)44-26(30(32,33)34)16-47-29(44)40-28(45)41-39-15-20-5-7-21(8-6-20)27-38-17-43(42-27)22-9-11-23(12-10-22)46-31(35,36)37/h4-15,17-18,26H,16H2,1-3H3,(H,41,45)/b39-15+,40-29?. The number of urea groups is 1. The summed E-state index contributed by atoms with van der Waals surface area (Å²) >= 11 is 0.850. The maximum Gasteiger partial charge on any atom is 0.573 e. The van der Waals surface area contributed by atoms with Crippen LogP contribution in [0.5, 0.6) is 5.75 Å². The van der Waals surface area contributed by atoms with Crippen molar-refractivity contribution in [1.29, 1.82) is 0 Å². The predicted molar refractivity (Wildman–Crippen MR) is 167 cm³/mol. The Morgan fingerprint density at radius 3 is 2.38 bits per heavy atom. The quantitative estimate of drug-likeness (QED) is 0.122. The molecular weight excluding hydrogens is 648 g/mol. The number of amides is 2. The van der Waals surface area contributed by atoms with Gasteiger partial charge in [0.2, 0.25) is 0 Å². The van der Waals surface area contributed by atoms with Crippen molar-refractivity contribution in [2.45, 2.75) is 45.3 Å². The molecule has 1 N–H and O–H groups in total. The molecule has 1 atom stereocenters. The molecule has 1 aromatic heterocycles. The van der Waals surface area contributed by atoms with Crippen LogP contribution in [0.25, 0.3) is 17.1 Å². The number of thioether (sulfide) groups is 1. The van der Waals surface area contributed by atoms with Gasteiger partial charge in [0, 0.05) is 17.0 Å². The molecule has 1 unspecified atom stereocenters. The Balaban J connectivity index is 1.25. The molecule has 0 bridgehead atoms. The van der Waals surface area contributed by atoms with Crippen LogP contribution in [0.15, 0.2) is 83.2 Å². The van der Waals surface area contributed by atoms with E-state index in [2.05, 4.69) is 30.3 Å². The van der Waals surface area contributed by atoms with E-state index in [9.17, 15) is 31.1 Å². The van der Waals surface area contributed by atoms with Gasteiger partial charge in [0.15, 0.2) is 11.0 Å². The molecule has 0 saturated carbocycles. The molecular formula is C31H27F6N7O2S. The van der Waals surface area contributed by atoms with Crippen molar-refractivity contribution in [3.63, 3.8) is 0 Å². The Morgan fingerprint density at radius 1 is 1.04 bits per heavy atom. The third kappa shape index (κ3) is 8.30. The van der Waals surface area contributed by atoms with Gasteiger partial charge in [-0.3, -0.25) is 0 Å². The zero-order chi connectivity index (χ0) is 33.9. The van der Waals surface area contributed by atoms with Crippen molar-refractivity contribution in [2.24, 2.45) is 10.1 Å². The van der Waals surface area contributed by atoms with E-state index >= 15 is 0 Å². The van der Waals surface area contributed by atoms with Crippen molar-refractivity contribution in [2.75, 3.05) is 10.7 Å². The summed E-state index contributed by atoms with van der Waals surface area (Å²) in [4.78, 5) is 21.9. The number of amidine groups is 1. The fourth-order valence-electron chi connectivity index (χ4n) is 4.69. The lowest BCUT2D eigenvalue weighted by Crippen LogP contribution is -2.45. The number of benzene rings is 3. The molecule has 0 aliphatic carbocycles. The number of alkyl halides is 6. The summed E-state index contributed by atoms with van der Waals surface area (Å²) in [5.41, 5.74) is 5.75. The number of hydrogen-bond donors (Lipinski definition) is 1. The van der Waals surface area contributed by atoms with Gasteiger partial charge in [0.1, 0.15) is 18.1 Å². The van der Waals surface area contributed by atoms with E-state index in [1.54, 1.807) is 43.3 Å². The largest absolute Gasteiger partial charge is 0.573 e. The zero-order valence-electron chi connectivity index (χ0n) is 25.0. The molecule has 3 aromatic carbocycles. The Labute approximate surface area is 269 Å². The predicted octanol–water partition coefficient (Wildman–Crippen LogP) is 7.85. The maximum absolute atomic E-state index is 14.0. The highest BCUT2D eigenvalue weighted by Gasteiger charge is 2.50. The number of ether oxygens (including phenoxy) is 1. The van der Waals surface area contributed by atoms with E-state index < -0.39 is 24.6 Å². The van der Waals surface area contributed by atoms with Crippen LogP contribution in [0, 0.1) is 6.92 Å². The van der Waals surface area contributed by atoms with Gasteiger partial charge < -0.3 is 9.64 Å². The second-order valence-electron chi connectivity index (χ2n) is 10.7. The topological polar surface area (TPSA) is 97.0 Å². The fourth-order valence-corrected chi connectivity index (χ4v) is 5.85. The highest BCUT2D eigenvalue weighted by molar-refractivity contribution is 8.14. The van der Waals surface area contributed by atoms with Gasteiger partial charge >= 0.3 is 18.6 Å². The van der Waals surface area contributed by atoms with E-state index in [4.69, 9.17) is 0 Å². The molecule has 0 spiro atoms. The van der Waals surface area contributed by atoms with Gasteiger partial charge in [-0.25, -0.2) is 19.9 Å². The SMILES string of the molecule is Cc1ccc(C(C)C)c(N2C(=NC(=O)N/N=C/c3ccc(-c4ncn(-c5ccc(OC(F)(F)F)cc5)n4)cc3)SCC2C(F)(F)F)c1. The summed E-state index contributed by atoms with van der Waals surface area (Å²) in [6.07, 6.45) is -6.59. The summed E-state index contributed by atoms with van der Waals surface area (Å²) in [5, 5.41) is 8.16. The van der Waals surface area contributed by atoms with Crippen molar-refractivity contribution < 1.29 is 35.9 Å². The van der Waals surface area contributed by atoms with Gasteiger partial charge in [-0.2, -0.15) is 23.3 Å². The van der Waals surface area contributed by atoms with Gasteiger partial charge in [-0.1, -0.05) is 62.0 Å². The van der Waals surface area contributed by atoms with Gasteiger partial charge in [-0.05, 0) is 59.9 Å². The van der Waals surface area contributed by atoms with Crippen molar-refractivity contribution in [1.82, 2.24) is 20.2 Å². The van der Waals surface area contributed by atoms with Crippen LogP contribution in [0.1, 0.15) is 36.5 Å². The van der Waals surface area contributed by atoms with E-state index in [0.29, 0.717) is 33.9 Å². The molecule has 16 heteroatoms. The summed E-state index contributed by atoms with van der Waals surface area (Å²) in [6, 6.07) is 14.4. The van der Waals surface area contributed by atoms with E-state index in [1.165, 1.54) is 29.4 Å². The number of hydrogen-bond acceptors (Lipinski definition) is 6. The fraction of sp³-hybridized carbons (Fsp3) is 0.258. The number of aromatic nitrogens is 3. The lowest BCUT2D eigenvalue weighted by molar-refractivity contribution is -0.274. The minimum atomic E-state index is -4.79. The summed E-state index contributed by atoms with van der Waals surface area (Å²) in [5.74, 6) is -0.393. The molecule has 1 aliphatic rings. The Bertz CT molecular complexity index is 1790. The third-order valence-electron chi connectivity index (χ3n) is 6.90. The molecule has 2 heterocycles. The monoisotopic (exact) mass is 675 g/mol. The number of anilines is 1. The number of nitrogens with one attached hydrogen (secondary N) is 1. The Morgan fingerprint density at radius 2 is 1.74 bits per heavy atom. The van der Waals surface area contributed by atoms with Crippen LogP contribution in [0.3, 0.4) is 0 Å². The first kappa shape index (κ1) is 33.5. The van der Waals surface area contributed by atoms with E-state index in [1.807, 2.05) is 19.9 Å². The molecule has 1 aliphatic heterocycles. The first-order chi connectivity index (χ1) is 22.2. The van der Waals surface area contributed by atoms with E-state index in [-0.39, 0.29) is 22.6 Å². The number of carbonyl (C=O) groups is 1. The smallest absolute Gasteiger partial charge is 0.406 e. The number of aliphatic imine (C=N–C) groups is 1. The number of rotatable bonds is 7. The average Bonchev–Trinajstić information content (AvgIpc) is 3.65. The molecule has 1 saturated heterocycles. The molecule has 4 aromatic rings. The number of carbonyl (C=O) groups excluding carboxylic acids is 1. The molecule has 9 nitrogen and oxygen atoms in total. The normalized spacial score (nSPS) is 16.4. The second kappa shape index (κ2) is 13.5. The lowest BCUT2D eigenvalue weighted by Gasteiger charge is -2.30. The number of hydrazone groups is 1. The van der Waals surface area contributed by atoms with Crippen LogP contribution in [0.4, 0.5) is 36.8 Å². The minimum absolute atomic E-state index is 0.0647. The van der Waals surface area contributed by atoms with Gasteiger partial charge in [-0.15, -0.1) is 18.3 Å². The third-order valence-corrected chi connectivity index (χ3v) is 7.93. The average molecular weight is 676 g/mol. The summed E-state index contributed by atoms with van der Waals surface area (Å²) in [7, 11) is 0. The maximum atomic E-state index is 14.0. The van der Waals surface area contributed by atoms with Gasteiger partial charge in [0.05, 0.1) is 11.9 Å². The Kier molecular flexibility index (Phi) is 9.60. The summed E-state index contributed by atoms with van der Waals surface area (Å²) in [6.45, 7) is 5.56. The van der Waals surface area contributed by atoms with Crippen molar-refractivity contribution in [3.05, 3.63) is 89.7 Å². The van der Waals surface area contributed by atoms with E-state index in [0.717, 1.165) is 34.4 Å². The van der Waals surface area contributed by atoms with Crippen LogP contribution < -0.4 is 15.1 Å². The molecule has 2 amide bonds. The van der Waals surface area contributed by atoms with Crippen LogP contribution in [-0.2, 0) is 0 Å². The highest BCUT2D eigenvalue weighted by atomic mass is 32.2. The minimum Gasteiger partial charge on any atom is -0.406 e. The van der Waals surface area contributed by atoms with Crippen molar-refractivity contribution >= 4 is 34.9 Å². The molecule has 246 valence electrons. The van der Waals surface area contributed by atoms with Crippen LogP contribution in [-0.4, -0.2) is 56.5 Å².